The van der Waals surface area contributed by atoms with Crippen LogP contribution in [0.15, 0.2) is 218 Å². The number of rotatable bonds is 10. The number of hydrogen-bond donors (Lipinski definition) is 0. The van der Waals surface area contributed by atoms with Gasteiger partial charge in [0.1, 0.15) is 0 Å². The highest BCUT2D eigenvalue weighted by atomic mass is 15.0. The maximum atomic E-state index is 12.0. The zero-order chi connectivity index (χ0) is 65.0. The summed E-state index contributed by atoms with van der Waals surface area (Å²) in [4.78, 5) is 16.2. The van der Waals surface area contributed by atoms with Crippen LogP contribution in [-0.2, 0) is 0 Å². The van der Waals surface area contributed by atoms with Gasteiger partial charge in [-0.25, -0.2) is 15.0 Å². The van der Waals surface area contributed by atoms with Gasteiger partial charge in [-0.1, -0.05) is 174 Å². The topological polar surface area (TPSA) is 72.3 Å². The fraction of sp³-hybridized carbons (Fsp3) is 0.136. The summed E-state index contributed by atoms with van der Waals surface area (Å²) in [5.74, 6) is 1.57. The molecule has 0 spiro atoms. The van der Waals surface area contributed by atoms with E-state index in [1.807, 2.05) is 48.5 Å². The van der Waals surface area contributed by atoms with Crippen molar-refractivity contribution in [3.63, 3.8) is 0 Å². The molecule has 3 aromatic heterocycles. The van der Waals surface area contributed by atoms with Gasteiger partial charge in [0.2, 0.25) is 0 Å². The average molecular weight is 1210 g/mol. The molecule has 12 aromatic carbocycles. The standard InChI is InChI=1S/C88H72N6/c1-50-37-54(5)80(55(6)38-50)64-29-33-74-70(45-64)71-46-65(81-56(7)39-51(2)40-57(81)8)30-34-75(71)93(74)78-27-19-25-68(49-89)84(78)85-69(88-91-86(62-21-15-13-16-22-62)90-87(92-88)63-23-17-14-18-24-63)26-20-28-79(85)94-76-35-31-66(82-58(9)41-52(3)42-59(82)10)47-72(76)73-48-67(32-36-77(73)94)83-60(11)43-53(4)44-61(83)12/h13-48H,1-12H3. The molecule has 0 saturated heterocycles. The maximum Gasteiger partial charge on any atom is 0.164 e. The summed E-state index contributed by atoms with van der Waals surface area (Å²) in [7, 11) is 0. The Bertz CT molecular complexity index is 5310. The van der Waals surface area contributed by atoms with E-state index >= 15 is 0 Å². The third-order valence-corrected chi connectivity index (χ3v) is 19.3. The van der Waals surface area contributed by atoms with Gasteiger partial charge < -0.3 is 9.13 Å². The lowest BCUT2D eigenvalue weighted by Gasteiger charge is -2.22. The first-order chi connectivity index (χ1) is 45.5. The van der Waals surface area contributed by atoms with E-state index in [-0.39, 0.29) is 0 Å². The van der Waals surface area contributed by atoms with Crippen molar-refractivity contribution >= 4 is 43.6 Å². The van der Waals surface area contributed by atoms with E-state index in [1.165, 1.54) is 89.0 Å². The molecule has 0 aliphatic carbocycles. The normalized spacial score (nSPS) is 11.6. The Balaban J connectivity index is 1.09. The van der Waals surface area contributed by atoms with Crippen LogP contribution in [0.1, 0.15) is 72.3 Å². The van der Waals surface area contributed by atoms with Gasteiger partial charge in [0.05, 0.1) is 45.1 Å². The summed E-state index contributed by atoms with van der Waals surface area (Å²) < 4.78 is 4.83. The zero-order valence-corrected chi connectivity index (χ0v) is 55.5. The molecule has 454 valence electrons. The van der Waals surface area contributed by atoms with Gasteiger partial charge >= 0.3 is 0 Å². The molecule has 0 fully saturated rings. The van der Waals surface area contributed by atoms with Crippen molar-refractivity contribution in [1.29, 1.82) is 5.26 Å². The number of hydrogen-bond acceptors (Lipinski definition) is 4. The van der Waals surface area contributed by atoms with Crippen LogP contribution in [0, 0.1) is 94.4 Å². The Morgan fingerprint density at radius 1 is 0.266 bits per heavy atom. The molecule has 0 amide bonds. The highest BCUT2D eigenvalue weighted by molar-refractivity contribution is 6.15. The summed E-state index contributed by atoms with van der Waals surface area (Å²) in [5, 5.41) is 16.5. The molecule has 6 nitrogen and oxygen atoms in total. The van der Waals surface area contributed by atoms with Crippen LogP contribution in [0.25, 0.3) is 145 Å². The molecular formula is C88H72N6. The first kappa shape index (κ1) is 59.1. The van der Waals surface area contributed by atoms with Gasteiger partial charge in [0.25, 0.3) is 0 Å². The highest BCUT2D eigenvalue weighted by Crippen LogP contribution is 2.49. The van der Waals surface area contributed by atoms with Crippen LogP contribution < -0.4 is 0 Å². The summed E-state index contributed by atoms with van der Waals surface area (Å²) in [5.41, 5.74) is 34.8. The number of aryl methyl sites for hydroxylation is 12. The Labute approximate surface area is 550 Å². The third kappa shape index (κ3) is 9.99. The number of aromatic nitrogens is 5. The van der Waals surface area contributed by atoms with Crippen LogP contribution >= 0.6 is 0 Å². The second-order valence-corrected chi connectivity index (χ2v) is 26.2. The summed E-state index contributed by atoms with van der Waals surface area (Å²) >= 11 is 0. The average Bonchev–Trinajstić information content (AvgIpc) is 1.49. The molecule has 15 aromatic rings. The Kier molecular flexibility index (Phi) is 14.5. The number of fused-ring (bicyclic) bond motifs is 6. The predicted octanol–water partition coefficient (Wildman–Crippen LogP) is 23.0. The maximum absolute atomic E-state index is 12.0. The van der Waals surface area contributed by atoms with Crippen LogP contribution in [0.4, 0.5) is 0 Å². The SMILES string of the molecule is Cc1cc(C)c(-c2ccc3c(c2)c2cc(-c4c(C)cc(C)cc4C)ccc2n3-c2cccc(C#N)c2-c2c(-c3nc(-c4ccccc4)nc(-c4ccccc4)n3)cccc2-n2c3ccc(-c4c(C)cc(C)cc4C)cc3c3cc(-c4c(C)cc(C)cc4C)ccc32)c(C)c1. The van der Waals surface area contributed by atoms with Crippen molar-refractivity contribution in [3.05, 3.63) is 291 Å². The predicted molar refractivity (Wildman–Crippen MR) is 394 cm³/mol. The first-order valence-electron chi connectivity index (χ1n) is 32.5. The lowest BCUT2D eigenvalue weighted by Crippen LogP contribution is -2.07. The van der Waals surface area contributed by atoms with Crippen LogP contribution in [0.2, 0.25) is 0 Å². The largest absolute Gasteiger partial charge is 0.309 e. The van der Waals surface area contributed by atoms with Crippen LogP contribution in [0.5, 0.6) is 0 Å². The second kappa shape index (κ2) is 23.1. The van der Waals surface area contributed by atoms with Crippen molar-refractivity contribution in [2.75, 3.05) is 0 Å². The quantitative estimate of drug-likeness (QED) is 0.137. The molecule has 0 unspecified atom stereocenters. The molecule has 3 heterocycles. The minimum atomic E-state index is 0.480. The van der Waals surface area contributed by atoms with Crippen molar-refractivity contribution in [1.82, 2.24) is 24.1 Å². The minimum absolute atomic E-state index is 0.480. The van der Waals surface area contributed by atoms with Gasteiger partial charge in [-0.3, -0.25) is 0 Å². The summed E-state index contributed by atoms with van der Waals surface area (Å²) in [6, 6.07) is 82.1. The van der Waals surface area contributed by atoms with Crippen LogP contribution in [-0.4, -0.2) is 24.1 Å². The molecule has 0 N–H and O–H groups in total. The van der Waals surface area contributed by atoms with Crippen molar-refractivity contribution in [3.8, 4) is 107 Å². The Hall–Kier alpha value is -11.3. The number of nitrogens with zero attached hydrogens (tertiary/aromatic N) is 6. The van der Waals surface area contributed by atoms with Crippen molar-refractivity contribution < 1.29 is 0 Å². The van der Waals surface area contributed by atoms with Gasteiger partial charge in [0.15, 0.2) is 17.5 Å². The molecule has 6 heteroatoms. The van der Waals surface area contributed by atoms with Crippen molar-refractivity contribution in [2.24, 2.45) is 0 Å². The molecule has 15 rings (SSSR count). The van der Waals surface area contributed by atoms with E-state index in [1.54, 1.807) is 0 Å². The number of nitriles is 1. The smallest absolute Gasteiger partial charge is 0.164 e. The molecule has 0 saturated carbocycles. The molecule has 0 aliphatic rings. The fourth-order valence-corrected chi connectivity index (χ4v) is 15.9. The third-order valence-electron chi connectivity index (χ3n) is 19.3. The highest BCUT2D eigenvalue weighted by Gasteiger charge is 2.29. The Morgan fingerprint density at radius 2 is 0.564 bits per heavy atom. The molecule has 0 bridgehead atoms. The Morgan fingerprint density at radius 3 is 0.883 bits per heavy atom. The van der Waals surface area contributed by atoms with E-state index < -0.39 is 0 Å². The van der Waals surface area contributed by atoms with Gasteiger partial charge in [0, 0.05) is 49.4 Å². The molecule has 94 heavy (non-hydrogen) atoms. The summed E-state index contributed by atoms with van der Waals surface area (Å²) in [6.07, 6.45) is 0. The lowest BCUT2D eigenvalue weighted by atomic mass is 9.91. The second-order valence-electron chi connectivity index (χ2n) is 26.2. The first-order valence-corrected chi connectivity index (χ1v) is 32.5. The van der Waals surface area contributed by atoms with Gasteiger partial charge in [-0.15, -0.1) is 0 Å². The van der Waals surface area contributed by atoms with Gasteiger partial charge in [-0.2, -0.15) is 5.26 Å². The van der Waals surface area contributed by atoms with Gasteiger partial charge in [-0.05, 0) is 239 Å². The van der Waals surface area contributed by atoms with Crippen molar-refractivity contribution in [2.45, 2.75) is 83.1 Å². The number of benzene rings is 12. The summed E-state index contributed by atoms with van der Waals surface area (Å²) in [6.45, 7) is 26.5. The minimum Gasteiger partial charge on any atom is -0.309 e. The van der Waals surface area contributed by atoms with E-state index in [0.29, 0.717) is 23.0 Å². The van der Waals surface area contributed by atoms with E-state index in [2.05, 4.69) is 268 Å². The monoisotopic (exact) mass is 1210 g/mol. The molecular weight excluding hydrogens is 1140 g/mol. The molecule has 0 atom stereocenters. The fourth-order valence-electron chi connectivity index (χ4n) is 15.9. The van der Waals surface area contributed by atoms with E-state index in [0.717, 1.165) is 105 Å². The lowest BCUT2D eigenvalue weighted by molar-refractivity contribution is 1.07. The molecule has 0 aliphatic heterocycles. The molecule has 0 radical (unpaired) electrons. The zero-order valence-electron chi connectivity index (χ0n) is 55.5. The van der Waals surface area contributed by atoms with E-state index in [4.69, 9.17) is 15.0 Å². The van der Waals surface area contributed by atoms with Crippen LogP contribution in [0.3, 0.4) is 0 Å². The van der Waals surface area contributed by atoms with E-state index in [9.17, 15) is 5.26 Å².